The number of benzene rings is 5. The van der Waals surface area contributed by atoms with Crippen molar-refractivity contribution in [3.8, 4) is 62.9 Å². The summed E-state index contributed by atoms with van der Waals surface area (Å²) in [6.07, 6.45) is -9.67. The van der Waals surface area contributed by atoms with E-state index in [1.54, 1.807) is 53.1 Å². The lowest BCUT2D eigenvalue weighted by molar-refractivity contribution is -0.143. The van der Waals surface area contributed by atoms with E-state index in [0.29, 0.717) is 61.9 Å². The van der Waals surface area contributed by atoms with Gasteiger partial charge in [-0.1, -0.05) is 30.3 Å². The fraction of sp³-hybridized carbons (Fsp3) is 0.0909. The summed E-state index contributed by atoms with van der Waals surface area (Å²) in [5, 5.41) is 19.8. The van der Waals surface area contributed by atoms with E-state index in [4.69, 9.17) is 0 Å². The number of aromatic nitrogens is 5. The molecule has 16 heteroatoms. The Kier molecular flexibility index (Phi) is 9.39. The molecule has 0 N–H and O–H groups in total. The lowest BCUT2D eigenvalue weighted by atomic mass is 9.97. The SMILES string of the molecule is Cc1cc(-c2ccc3c4ccc(-c5cc(C(F)(F)F)cc(C(F)(F)F)c5)cc4n(-c4ccc(-c5ncc(C#N)cn5)cc4-c4ncc(C#N)cn4)c3c2)cc(C(F)(F)F)c1. The lowest BCUT2D eigenvalue weighted by Gasteiger charge is -2.16. The summed E-state index contributed by atoms with van der Waals surface area (Å²) >= 11 is 0. The second-order valence-electron chi connectivity index (χ2n) is 13.7. The molecule has 3 aromatic heterocycles. The molecular formula is C44H22F9N7. The molecule has 3 heterocycles. The van der Waals surface area contributed by atoms with Crippen LogP contribution in [0.5, 0.6) is 0 Å². The molecule has 60 heavy (non-hydrogen) atoms. The Hall–Kier alpha value is -7.59. The van der Waals surface area contributed by atoms with Gasteiger partial charge in [-0.05, 0) is 95.4 Å². The number of nitriles is 2. The Balaban J connectivity index is 1.45. The third-order valence-corrected chi connectivity index (χ3v) is 9.72. The summed E-state index contributed by atoms with van der Waals surface area (Å²) in [4.78, 5) is 17.4. The summed E-state index contributed by atoms with van der Waals surface area (Å²) in [7, 11) is 0. The first-order valence-corrected chi connectivity index (χ1v) is 17.6. The van der Waals surface area contributed by atoms with Crippen LogP contribution in [0.25, 0.3) is 72.5 Å². The van der Waals surface area contributed by atoms with Gasteiger partial charge in [0.2, 0.25) is 0 Å². The molecule has 0 saturated carbocycles. The average Bonchev–Trinajstić information content (AvgIpc) is 3.55. The zero-order valence-corrected chi connectivity index (χ0v) is 30.5. The predicted octanol–water partition coefficient (Wildman–Crippen LogP) is 12.1. The molecule has 8 aromatic rings. The highest BCUT2D eigenvalue weighted by atomic mass is 19.4. The summed E-state index contributed by atoms with van der Waals surface area (Å²) in [6, 6.07) is 23.0. The zero-order chi connectivity index (χ0) is 42.7. The molecule has 0 unspecified atom stereocenters. The number of halogens is 9. The molecule has 0 aliphatic rings. The minimum absolute atomic E-state index is 0.00402. The minimum atomic E-state index is -5.11. The fourth-order valence-electron chi connectivity index (χ4n) is 6.98. The second-order valence-corrected chi connectivity index (χ2v) is 13.7. The summed E-state index contributed by atoms with van der Waals surface area (Å²) < 4.78 is 127. The molecule has 0 radical (unpaired) electrons. The Morgan fingerprint density at radius 1 is 0.467 bits per heavy atom. The third kappa shape index (κ3) is 7.35. The Morgan fingerprint density at radius 3 is 1.37 bits per heavy atom. The number of nitrogens with zero attached hydrogens (tertiary/aromatic N) is 7. The van der Waals surface area contributed by atoms with Crippen molar-refractivity contribution in [2.75, 3.05) is 0 Å². The van der Waals surface area contributed by atoms with E-state index in [0.717, 1.165) is 12.1 Å². The van der Waals surface area contributed by atoms with Crippen molar-refractivity contribution < 1.29 is 39.5 Å². The molecule has 8 rings (SSSR count). The van der Waals surface area contributed by atoms with Gasteiger partial charge in [-0.3, -0.25) is 0 Å². The van der Waals surface area contributed by atoms with Gasteiger partial charge in [-0.15, -0.1) is 0 Å². The molecule has 0 amide bonds. The van der Waals surface area contributed by atoms with Crippen molar-refractivity contribution in [1.29, 1.82) is 10.5 Å². The summed E-state index contributed by atoms with van der Waals surface area (Å²) in [5.41, 5.74) is -1.25. The van der Waals surface area contributed by atoms with Crippen molar-refractivity contribution in [3.05, 3.63) is 149 Å². The topological polar surface area (TPSA) is 104 Å². The quantitative estimate of drug-likeness (QED) is 0.160. The molecule has 0 fully saturated rings. The van der Waals surface area contributed by atoms with Gasteiger partial charge in [0.1, 0.15) is 12.1 Å². The molecule has 0 atom stereocenters. The van der Waals surface area contributed by atoms with Crippen LogP contribution in [-0.4, -0.2) is 24.5 Å². The molecule has 0 aliphatic heterocycles. The van der Waals surface area contributed by atoms with E-state index in [9.17, 15) is 50.0 Å². The fourth-order valence-corrected chi connectivity index (χ4v) is 6.98. The van der Waals surface area contributed by atoms with Crippen molar-refractivity contribution in [1.82, 2.24) is 24.5 Å². The van der Waals surface area contributed by atoms with Crippen molar-refractivity contribution >= 4 is 21.8 Å². The molecular weight excluding hydrogens is 798 g/mol. The van der Waals surface area contributed by atoms with Gasteiger partial charge in [0.25, 0.3) is 0 Å². The normalized spacial score (nSPS) is 12.1. The van der Waals surface area contributed by atoms with Crippen LogP contribution in [0.2, 0.25) is 0 Å². The van der Waals surface area contributed by atoms with Gasteiger partial charge in [0.05, 0.1) is 44.5 Å². The highest BCUT2D eigenvalue weighted by molar-refractivity contribution is 6.11. The first kappa shape index (κ1) is 39.2. The van der Waals surface area contributed by atoms with Crippen LogP contribution in [0.1, 0.15) is 33.4 Å². The third-order valence-electron chi connectivity index (χ3n) is 9.72. The second kappa shape index (κ2) is 14.4. The lowest BCUT2D eigenvalue weighted by Crippen LogP contribution is -2.11. The number of aryl methyl sites for hydroxylation is 1. The van der Waals surface area contributed by atoms with Gasteiger partial charge in [0, 0.05) is 46.7 Å². The Bertz CT molecular complexity index is 3050. The standard InChI is InChI=1S/C44H22F9N7/c1-23-8-29(10-31(9-23)42(45,46)47)26-2-5-34-35-6-3-27(30-11-32(43(48,49)50)16-33(12-30)44(51,52)53)15-39(35)60(38(34)14-26)37-7-4-28(40-56-19-24(17-54)20-57-40)13-36(37)41-58-21-25(18-55)22-59-41/h2-16,19-22H,1H3. The van der Waals surface area contributed by atoms with Crippen LogP contribution in [0, 0.1) is 29.6 Å². The largest absolute Gasteiger partial charge is 0.416 e. The van der Waals surface area contributed by atoms with E-state index in [1.165, 1.54) is 43.8 Å². The highest BCUT2D eigenvalue weighted by Crippen LogP contribution is 2.43. The maximum atomic E-state index is 14.0. The number of hydrogen-bond donors (Lipinski definition) is 0. The van der Waals surface area contributed by atoms with Crippen LogP contribution < -0.4 is 0 Å². The van der Waals surface area contributed by atoms with Crippen LogP contribution >= 0.6 is 0 Å². The molecule has 0 saturated heterocycles. The smallest absolute Gasteiger partial charge is 0.308 e. The summed E-state index contributed by atoms with van der Waals surface area (Å²) in [6.45, 7) is 1.52. The van der Waals surface area contributed by atoms with E-state index >= 15 is 0 Å². The van der Waals surface area contributed by atoms with Gasteiger partial charge in [-0.25, -0.2) is 19.9 Å². The van der Waals surface area contributed by atoms with Crippen molar-refractivity contribution in [3.63, 3.8) is 0 Å². The van der Waals surface area contributed by atoms with Crippen LogP contribution in [0.3, 0.4) is 0 Å². The molecule has 5 aromatic carbocycles. The molecule has 7 nitrogen and oxygen atoms in total. The van der Waals surface area contributed by atoms with Crippen molar-refractivity contribution in [2.45, 2.75) is 25.5 Å². The van der Waals surface area contributed by atoms with E-state index in [2.05, 4.69) is 19.9 Å². The van der Waals surface area contributed by atoms with Crippen molar-refractivity contribution in [2.24, 2.45) is 0 Å². The first-order chi connectivity index (χ1) is 28.4. The monoisotopic (exact) mass is 819 g/mol. The number of rotatable bonds is 5. The van der Waals surface area contributed by atoms with Crippen LogP contribution in [0.4, 0.5) is 39.5 Å². The molecule has 0 aliphatic carbocycles. The van der Waals surface area contributed by atoms with E-state index in [1.807, 2.05) is 12.1 Å². The Morgan fingerprint density at radius 2 is 0.900 bits per heavy atom. The molecule has 0 bridgehead atoms. The van der Waals surface area contributed by atoms with Gasteiger partial charge >= 0.3 is 18.5 Å². The minimum Gasteiger partial charge on any atom is -0.308 e. The number of fused-ring (bicyclic) bond motifs is 3. The van der Waals surface area contributed by atoms with Gasteiger partial charge in [-0.2, -0.15) is 50.0 Å². The van der Waals surface area contributed by atoms with Gasteiger partial charge < -0.3 is 4.57 Å². The van der Waals surface area contributed by atoms with Crippen LogP contribution in [-0.2, 0) is 18.5 Å². The molecule has 0 spiro atoms. The predicted molar refractivity (Wildman–Crippen MR) is 203 cm³/mol. The van der Waals surface area contributed by atoms with Gasteiger partial charge in [0.15, 0.2) is 11.6 Å². The summed E-state index contributed by atoms with van der Waals surface area (Å²) in [5.74, 6) is 0.287. The highest BCUT2D eigenvalue weighted by Gasteiger charge is 2.37. The number of hydrogen-bond acceptors (Lipinski definition) is 6. The Labute approximate surface area is 333 Å². The number of alkyl halides is 9. The average molecular weight is 820 g/mol. The van der Waals surface area contributed by atoms with E-state index in [-0.39, 0.29) is 45.5 Å². The van der Waals surface area contributed by atoms with Crippen LogP contribution in [0.15, 0.2) is 116 Å². The first-order valence-electron chi connectivity index (χ1n) is 17.6. The molecule has 296 valence electrons. The maximum absolute atomic E-state index is 14.0. The maximum Gasteiger partial charge on any atom is 0.416 e. The van der Waals surface area contributed by atoms with E-state index < -0.39 is 35.2 Å². The zero-order valence-electron chi connectivity index (χ0n) is 30.5.